The predicted molar refractivity (Wildman–Crippen MR) is 109 cm³/mol. The van der Waals surface area contributed by atoms with E-state index in [1.165, 1.54) is 18.7 Å². The third-order valence-electron chi connectivity index (χ3n) is 4.45. The highest BCUT2D eigenvalue weighted by Gasteiger charge is 2.34. The van der Waals surface area contributed by atoms with Gasteiger partial charge in [0.25, 0.3) is 0 Å². The lowest BCUT2D eigenvalue weighted by Gasteiger charge is -2.30. The molecule has 0 unspecified atom stereocenters. The molecule has 1 aromatic heterocycles. The maximum absolute atomic E-state index is 12.7. The summed E-state index contributed by atoms with van der Waals surface area (Å²) >= 11 is 1.50. The smallest absolute Gasteiger partial charge is 0.247 e. The molecule has 142 valence electrons. The molecular weight excluding hydrogens is 372 g/mol. The molecule has 2 heterocycles. The Morgan fingerprint density at radius 2 is 2.00 bits per heavy atom. The van der Waals surface area contributed by atoms with E-state index in [0.717, 1.165) is 28.1 Å². The number of fused-ring (bicyclic) bond motifs is 3. The molecule has 0 saturated carbocycles. The minimum Gasteiger partial charge on any atom is -0.447 e. The summed E-state index contributed by atoms with van der Waals surface area (Å²) in [4.78, 5) is 18.9. The summed E-state index contributed by atoms with van der Waals surface area (Å²) in [5.74, 6) is 1.09. The van der Waals surface area contributed by atoms with Gasteiger partial charge >= 0.3 is 0 Å². The maximum Gasteiger partial charge on any atom is 0.247 e. The Bertz CT molecular complexity index is 1040. The van der Waals surface area contributed by atoms with Gasteiger partial charge in [-0.05, 0) is 18.7 Å². The summed E-state index contributed by atoms with van der Waals surface area (Å²) in [6, 6.07) is 15.6. The number of nitrogens with zero attached hydrogens (tertiary/aromatic N) is 4. The van der Waals surface area contributed by atoms with Crippen molar-refractivity contribution in [1.29, 1.82) is 0 Å². The highest BCUT2D eigenvalue weighted by atomic mass is 32.2. The van der Waals surface area contributed by atoms with Gasteiger partial charge in [0.15, 0.2) is 5.69 Å². The first-order chi connectivity index (χ1) is 13.6. The standard InChI is InChI=1S/C21H20N4O2S/c1-4-28-21-22-19-18(23-24-21)16-10-5-6-11-17(16)25(14(3)26)20(27-19)15-9-7-8-13(2)12-15/h5-12,20H,4H2,1-3H3/t20-/m1/s1. The second-order valence-electron chi connectivity index (χ2n) is 6.47. The lowest BCUT2D eigenvalue weighted by Crippen LogP contribution is -2.36. The zero-order chi connectivity index (χ0) is 19.7. The normalized spacial score (nSPS) is 15.2. The van der Waals surface area contributed by atoms with Crippen molar-refractivity contribution >= 4 is 23.4 Å². The highest BCUT2D eigenvalue weighted by molar-refractivity contribution is 7.99. The van der Waals surface area contributed by atoms with Crippen molar-refractivity contribution in [2.24, 2.45) is 0 Å². The molecular formula is C21H20N4O2S. The molecule has 1 aliphatic rings. The Kier molecular flexibility index (Phi) is 5.00. The van der Waals surface area contributed by atoms with E-state index in [1.54, 1.807) is 4.90 Å². The van der Waals surface area contributed by atoms with Crippen molar-refractivity contribution in [2.75, 3.05) is 10.7 Å². The summed E-state index contributed by atoms with van der Waals surface area (Å²) < 4.78 is 6.32. The molecule has 2 aromatic carbocycles. The van der Waals surface area contributed by atoms with E-state index in [-0.39, 0.29) is 5.91 Å². The monoisotopic (exact) mass is 392 g/mol. The molecule has 0 N–H and O–H groups in total. The topological polar surface area (TPSA) is 68.2 Å². The van der Waals surface area contributed by atoms with E-state index in [0.29, 0.717) is 16.7 Å². The number of aromatic nitrogens is 3. The number of benzene rings is 2. The van der Waals surface area contributed by atoms with Crippen LogP contribution in [0.1, 0.15) is 31.2 Å². The van der Waals surface area contributed by atoms with Crippen LogP contribution in [-0.4, -0.2) is 26.8 Å². The number of hydrogen-bond acceptors (Lipinski definition) is 6. The minimum atomic E-state index is -0.643. The Morgan fingerprint density at radius 1 is 1.18 bits per heavy atom. The van der Waals surface area contributed by atoms with Gasteiger partial charge in [0.05, 0.1) is 5.69 Å². The molecule has 6 nitrogen and oxygen atoms in total. The van der Waals surface area contributed by atoms with E-state index in [2.05, 4.69) is 15.2 Å². The molecule has 1 atom stereocenters. The summed E-state index contributed by atoms with van der Waals surface area (Å²) in [6.07, 6.45) is -0.643. The molecule has 1 aliphatic heterocycles. The second kappa shape index (κ2) is 7.59. The van der Waals surface area contributed by atoms with Crippen LogP contribution in [0.3, 0.4) is 0 Å². The van der Waals surface area contributed by atoms with Crippen LogP contribution < -0.4 is 9.64 Å². The van der Waals surface area contributed by atoms with Crippen molar-refractivity contribution in [3.8, 4) is 17.1 Å². The van der Waals surface area contributed by atoms with Gasteiger partial charge in [0.1, 0.15) is 0 Å². The van der Waals surface area contributed by atoms with Gasteiger partial charge in [-0.15, -0.1) is 10.2 Å². The number of hydrogen-bond donors (Lipinski definition) is 0. The molecule has 4 rings (SSSR count). The first-order valence-electron chi connectivity index (χ1n) is 9.08. The van der Waals surface area contributed by atoms with Crippen LogP contribution in [0.4, 0.5) is 5.69 Å². The van der Waals surface area contributed by atoms with E-state index >= 15 is 0 Å². The molecule has 0 fully saturated rings. The molecule has 0 radical (unpaired) electrons. The Balaban J connectivity index is 1.95. The number of carbonyl (C=O) groups is 1. The van der Waals surface area contributed by atoms with Crippen LogP contribution in [0.15, 0.2) is 53.7 Å². The zero-order valence-electron chi connectivity index (χ0n) is 15.9. The maximum atomic E-state index is 12.7. The largest absolute Gasteiger partial charge is 0.447 e. The van der Waals surface area contributed by atoms with Crippen molar-refractivity contribution < 1.29 is 9.53 Å². The van der Waals surface area contributed by atoms with Gasteiger partial charge in [0, 0.05) is 18.1 Å². The fourth-order valence-corrected chi connectivity index (χ4v) is 3.79. The summed E-state index contributed by atoms with van der Waals surface area (Å²) in [5, 5.41) is 9.16. The van der Waals surface area contributed by atoms with E-state index in [9.17, 15) is 4.79 Å². The third-order valence-corrected chi connectivity index (χ3v) is 5.17. The molecule has 0 saturated heterocycles. The van der Waals surface area contributed by atoms with Crippen molar-refractivity contribution in [3.63, 3.8) is 0 Å². The lowest BCUT2D eigenvalue weighted by molar-refractivity contribution is -0.118. The number of anilines is 1. The van der Waals surface area contributed by atoms with E-state index in [4.69, 9.17) is 4.74 Å². The molecule has 28 heavy (non-hydrogen) atoms. The van der Waals surface area contributed by atoms with E-state index in [1.807, 2.05) is 62.4 Å². The number of amides is 1. The Hall–Kier alpha value is -2.93. The highest BCUT2D eigenvalue weighted by Crippen LogP contribution is 2.43. The number of rotatable bonds is 3. The van der Waals surface area contributed by atoms with Gasteiger partial charge < -0.3 is 4.74 Å². The van der Waals surface area contributed by atoms with Gasteiger partial charge in [-0.25, -0.2) is 0 Å². The predicted octanol–water partition coefficient (Wildman–Crippen LogP) is 4.40. The number of ether oxygens (including phenoxy) is 1. The first-order valence-corrected chi connectivity index (χ1v) is 10.1. The fourth-order valence-electron chi connectivity index (χ4n) is 3.28. The number of thioether (sulfide) groups is 1. The minimum absolute atomic E-state index is 0.122. The Morgan fingerprint density at radius 3 is 2.75 bits per heavy atom. The van der Waals surface area contributed by atoms with Crippen LogP contribution >= 0.6 is 11.8 Å². The number of carbonyl (C=O) groups excluding carboxylic acids is 1. The molecule has 7 heteroatoms. The summed E-state index contributed by atoms with van der Waals surface area (Å²) in [7, 11) is 0. The lowest BCUT2D eigenvalue weighted by atomic mass is 10.1. The van der Waals surface area contributed by atoms with Crippen LogP contribution in [-0.2, 0) is 4.79 Å². The molecule has 0 bridgehead atoms. The average molecular weight is 392 g/mol. The molecule has 1 amide bonds. The number of aryl methyl sites for hydroxylation is 1. The molecule has 3 aromatic rings. The molecule has 0 spiro atoms. The SMILES string of the molecule is CCSc1nnc2c(n1)O[C@H](c1cccc(C)c1)N(C(C)=O)c1ccccc1-2. The van der Waals surface area contributed by atoms with Crippen LogP contribution in [0.25, 0.3) is 11.3 Å². The van der Waals surface area contributed by atoms with Crippen LogP contribution in [0.5, 0.6) is 5.88 Å². The van der Waals surface area contributed by atoms with Gasteiger partial charge in [-0.2, -0.15) is 4.98 Å². The van der Waals surface area contributed by atoms with Gasteiger partial charge in [-0.1, -0.05) is 66.7 Å². The van der Waals surface area contributed by atoms with Gasteiger partial charge in [0.2, 0.25) is 23.2 Å². The average Bonchev–Trinajstić information content (AvgIpc) is 2.82. The zero-order valence-corrected chi connectivity index (χ0v) is 16.7. The summed E-state index contributed by atoms with van der Waals surface area (Å²) in [6.45, 7) is 5.58. The van der Waals surface area contributed by atoms with Crippen molar-refractivity contribution in [3.05, 3.63) is 59.7 Å². The van der Waals surface area contributed by atoms with Crippen LogP contribution in [0.2, 0.25) is 0 Å². The summed E-state index contributed by atoms with van der Waals surface area (Å²) in [5.41, 5.74) is 4.01. The fraction of sp³-hybridized carbons (Fsp3) is 0.238. The first kappa shape index (κ1) is 18.4. The second-order valence-corrected chi connectivity index (χ2v) is 7.70. The number of para-hydroxylation sites is 1. The molecule has 0 aliphatic carbocycles. The van der Waals surface area contributed by atoms with Gasteiger partial charge in [-0.3, -0.25) is 9.69 Å². The third kappa shape index (κ3) is 3.33. The van der Waals surface area contributed by atoms with Crippen LogP contribution in [0, 0.1) is 6.92 Å². The van der Waals surface area contributed by atoms with Crippen molar-refractivity contribution in [2.45, 2.75) is 32.2 Å². The quantitative estimate of drug-likeness (QED) is 0.615. The van der Waals surface area contributed by atoms with E-state index < -0.39 is 6.23 Å². The van der Waals surface area contributed by atoms with Crippen molar-refractivity contribution in [1.82, 2.24) is 15.2 Å². The Labute approximate surface area is 168 Å².